The van der Waals surface area contributed by atoms with Crippen molar-refractivity contribution in [2.45, 2.75) is 53.9 Å². The van der Waals surface area contributed by atoms with Crippen molar-refractivity contribution in [1.29, 1.82) is 0 Å². The first-order chi connectivity index (χ1) is 11.3. The van der Waals surface area contributed by atoms with Gasteiger partial charge in [0.1, 0.15) is 0 Å². The molecular weight excluding hydrogens is 296 g/mol. The summed E-state index contributed by atoms with van der Waals surface area (Å²) in [5, 5.41) is 8.81. The number of rotatable bonds is 5. The second kappa shape index (κ2) is 12.0. The van der Waals surface area contributed by atoms with Crippen LogP contribution in [0.5, 0.6) is 0 Å². The summed E-state index contributed by atoms with van der Waals surface area (Å²) in [6.45, 7) is 11.2. The zero-order valence-electron chi connectivity index (χ0n) is 16.6. The first-order valence-corrected chi connectivity index (χ1v) is 8.69. The van der Waals surface area contributed by atoms with Crippen LogP contribution in [0.3, 0.4) is 0 Å². The van der Waals surface area contributed by atoms with Gasteiger partial charge in [0.2, 0.25) is 0 Å². The Morgan fingerprint density at radius 2 is 1.79 bits per heavy atom. The van der Waals surface area contributed by atoms with Crippen LogP contribution in [0.1, 0.15) is 53.9 Å². The molecule has 1 aliphatic rings. The Kier molecular flexibility index (Phi) is 11.4. The van der Waals surface area contributed by atoms with E-state index in [0.717, 1.165) is 5.57 Å². The number of ether oxygens (including phenoxy) is 1. The zero-order valence-corrected chi connectivity index (χ0v) is 16.6. The molecule has 0 saturated heterocycles. The van der Waals surface area contributed by atoms with Gasteiger partial charge in [0.15, 0.2) is 0 Å². The topological polar surface area (TPSA) is 29.5 Å². The number of hydrogen-bond donors (Lipinski definition) is 1. The number of allylic oxidation sites excluding steroid dienone is 9. The van der Waals surface area contributed by atoms with Crippen molar-refractivity contribution < 1.29 is 9.84 Å². The highest BCUT2D eigenvalue weighted by Crippen LogP contribution is 2.40. The van der Waals surface area contributed by atoms with Gasteiger partial charge in [0.05, 0.1) is 6.61 Å². The Morgan fingerprint density at radius 1 is 1.17 bits per heavy atom. The van der Waals surface area contributed by atoms with Crippen molar-refractivity contribution in [2.75, 3.05) is 20.8 Å². The minimum absolute atomic E-state index is 0.0985. The maximum absolute atomic E-state index is 8.81. The van der Waals surface area contributed by atoms with Crippen molar-refractivity contribution in [1.82, 2.24) is 0 Å². The summed E-state index contributed by atoms with van der Waals surface area (Å²) in [5.74, 6) is 0. The normalized spacial score (nSPS) is 19.0. The van der Waals surface area contributed by atoms with E-state index in [1.54, 1.807) is 20.3 Å². The van der Waals surface area contributed by atoms with E-state index in [-0.39, 0.29) is 6.61 Å². The van der Waals surface area contributed by atoms with E-state index in [1.807, 2.05) is 19.1 Å². The average molecular weight is 333 g/mol. The number of aliphatic hydroxyl groups is 1. The molecule has 0 aromatic heterocycles. The van der Waals surface area contributed by atoms with E-state index in [4.69, 9.17) is 5.11 Å². The molecule has 0 fully saturated rings. The zero-order chi connectivity index (χ0) is 18.6. The Morgan fingerprint density at radius 3 is 2.33 bits per heavy atom. The van der Waals surface area contributed by atoms with Gasteiger partial charge in [-0.05, 0) is 51.0 Å². The molecule has 0 aromatic rings. The van der Waals surface area contributed by atoms with E-state index in [0.29, 0.717) is 5.41 Å². The second-order valence-corrected chi connectivity index (χ2v) is 7.07. The monoisotopic (exact) mass is 332 g/mol. The molecule has 0 heterocycles. The minimum atomic E-state index is 0.0985. The van der Waals surface area contributed by atoms with E-state index in [1.165, 1.54) is 36.0 Å². The molecule has 0 atom stereocenters. The van der Waals surface area contributed by atoms with Crippen LogP contribution < -0.4 is 0 Å². The van der Waals surface area contributed by atoms with Gasteiger partial charge in [-0.25, -0.2) is 0 Å². The highest BCUT2D eigenvalue weighted by Gasteiger charge is 2.26. The molecule has 1 aliphatic carbocycles. The van der Waals surface area contributed by atoms with Crippen molar-refractivity contribution in [2.24, 2.45) is 5.41 Å². The maximum atomic E-state index is 8.81. The van der Waals surface area contributed by atoms with Gasteiger partial charge < -0.3 is 9.84 Å². The van der Waals surface area contributed by atoms with Gasteiger partial charge in [-0.3, -0.25) is 0 Å². The second-order valence-electron chi connectivity index (χ2n) is 7.07. The molecule has 0 unspecified atom stereocenters. The lowest BCUT2D eigenvalue weighted by Crippen LogP contribution is -2.19. The summed E-state index contributed by atoms with van der Waals surface area (Å²) in [4.78, 5) is 0. The highest BCUT2D eigenvalue weighted by atomic mass is 16.4. The summed E-state index contributed by atoms with van der Waals surface area (Å²) in [5.41, 5.74) is 5.66. The molecule has 136 valence electrons. The van der Waals surface area contributed by atoms with Crippen LogP contribution in [0.15, 0.2) is 58.7 Å². The Labute approximate surface area is 149 Å². The number of aliphatic hydroxyl groups excluding tert-OH is 1. The predicted octanol–water partition coefficient (Wildman–Crippen LogP) is 5.77. The third-order valence-electron chi connectivity index (χ3n) is 4.19. The van der Waals surface area contributed by atoms with Gasteiger partial charge >= 0.3 is 0 Å². The van der Waals surface area contributed by atoms with Gasteiger partial charge in [-0.15, -0.1) is 0 Å². The van der Waals surface area contributed by atoms with E-state index < -0.39 is 0 Å². The Bertz CT molecular complexity index is 514. The van der Waals surface area contributed by atoms with Crippen LogP contribution >= 0.6 is 0 Å². The standard InChI is InChI=1S/C20H30O.C2H6O/c1-16(8-6-9-17(2)13-15-21)11-12-19-18(3)10-7-14-20(19,4)5;1-3-2/h6,8-9,11-13,21H,7,10,14-15H2,1-5H3;1-2H3. The van der Waals surface area contributed by atoms with Gasteiger partial charge in [0.25, 0.3) is 0 Å². The molecule has 1 rings (SSSR count). The fraction of sp³-hybridized carbons (Fsp3) is 0.545. The molecule has 0 amide bonds. The summed E-state index contributed by atoms with van der Waals surface area (Å²) in [7, 11) is 3.25. The van der Waals surface area contributed by atoms with E-state index in [9.17, 15) is 0 Å². The van der Waals surface area contributed by atoms with Crippen LogP contribution in [0, 0.1) is 5.41 Å². The lowest BCUT2D eigenvalue weighted by atomic mass is 9.72. The molecule has 0 bridgehead atoms. The van der Waals surface area contributed by atoms with Gasteiger partial charge in [-0.2, -0.15) is 0 Å². The summed E-state index contributed by atoms with van der Waals surface area (Å²) < 4.78 is 4.25. The van der Waals surface area contributed by atoms with Crippen LogP contribution in [-0.4, -0.2) is 25.9 Å². The Hall–Kier alpha value is -1.38. The summed E-state index contributed by atoms with van der Waals surface area (Å²) in [6, 6.07) is 0. The van der Waals surface area contributed by atoms with Gasteiger partial charge in [0, 0.05) is 14.2 Å². The lowest BCUT2D eigenvalue weighted by molar-refractivity contribution is 0.277. The first kappa shape index (κ1) is 22.6. The van der Waals surface area contributed by atoms with Crippen LogP contribution in [0.25, 0.3) is 0 Å². The molecule has 2 heteroatoms. The molecule has 24 heavy (non-hydrogen) atoms. The predicted molar refractivity (Wildman–Crippen MR) is 106 cm³/mol. The SMILES string of the molecule is CC(C=CC1=C(C)CCCC1(C)C)=CC=CC(C)=CCO.COC. The fourth-order valence-electron chi connectivity index (χ4n) is 2.84. The van der Waals surface area contributed by atoms with Gasteiger partial charge in [-0.1, -0.05) is 67.0 Å². The third kappa shape index (κ3) is 9.05. The van der Waals surface area contributed by atoms with Crippen molar-refractivity contribution in [3.05, 3.63) is 58.7 Å². The van der Waals surface area contributed by atoms with Crippen molar-refractivity contribution in [3.63, 3.8) is 0 Å². The summed E-state index contributed by atoms with van der Waals surface area (Å²) in [6.07, 6.45) is 16.3. The largest absolute Gasteiger partial charge is 0.392 e. The van der Waals surface area contributed by atoms with E-state index >= 15 is 0 Å². The molecule has 2 nitrogen and oxygen atoms in total. The molecule has 0 aromatic carbocycles. The molecule has 0 spiro atoms. The quantitative estimate of drug-likeness (QED) is 0.647. The smallest absolute Gasteiger partial charge is 0.0617 e. The van der Waals surface area contributed by atoms with Crippen molar-refractivity contribution >= 4 is 0 Å². The molecular formula is C22H36O2. The van der Waals surface area contributed by atoms with Crippen LogP contribution in [0.2, 0.25) is 0 Å². The van der Waals surface area contributed by atoms with Crippen LogP contribution in [-0.2, 0) is 4.74 Å². The number of methoxy groups -OCH3 is 1. The molecule has 1 N–H and O–H groups in total. The molecule has 0 saturated carbocycles. The fourth-order valence-corrected chi connectivity index (χ4v) is 2.84. The Balaban J connectivity index is 0.00000163. The lowest BCUT2D eigenvalue weighted by Gasteiger charge is -2.32. The first-order valence-electron chi connectivity index (χ1n) is 8.69. The summed E-state index contributed by atoms with van der Waals surface area (Å²) >= 11 is 0. The van der Waals surface area contributed by atoms with Crippen molar-refractivity contribution in [3.8, 4) is 0 Å². The maximum Gasteiger partial charge on any atom is 0.0617 e. The highest BCUT2D eigenvalue weighted by molar-refractivity contribution is 5.37. The van der Waals surface area contributed by atoms with Crippen LogP contribution in [0.4, 0.5) is 0 Å². The number of hydrogen-bond acceptors (Lipinski definition) is 2. The average Bonchev–Trinajstić information content (AvgIpc) is 2.47. The third-order valence-corrected chi connectivity index (χ3v) is 4.19. The molecule has 0 radical (unpaired) electrons. The minimum Gasteiger partial charge on any atom is -0.392 e. The molecule has 0 aliphatic heterocycles. The van der Waals surface area contributed by atoms with E-state index in [2.05, 4.69) is 50.7 Å².